The van der Waals surface area contributed by atoms with E-state index in [0.29, 0.717) is 23.7 Å². The highest BCUT2D eigenvalue weighted by Gasteiger charge is 2.53. The molecule has 1 saturated heterocycles. The van der Waals surface area contributed by atoms with Crippen LogP contribution < -0.4 is 0 Å². The van der Waals surface area contributed by atoms with E-state index in [9.17, 15) is 4.79 Å². The van der Waals surface area contributed by atoms with Crippen molar-refractivity contribution in [1.82, 2.24) is 9.97 Å². The van der Waals surface area contributed by atoms with Gasteiger partial charge in [0, 0.05) is 30.1 Å². The van der Waals surface area contributed by atoms with Gasteiger partial charge < -0.3 is 4.74 Å². The first kappa shape index (κ1) is 18.5. The van der Waals surface area contributed by atoms with Crippen LogP contribution in [0, 0.1) is 29.6 Å². The molecule has 0 spiro atoms. The lowest BCUT2D eigenvalue weighted by Gasteiger charge is -2.45. The Bertz CT molecular complexity index is 893. The van der Waals surface area contributed by atoms with E-state index >= 15 is 0 Å². The van der Waals surface area contributed by atoms with Crippen molar-refractivity contribution < 1.29 is 9.53 Å². The highest BCUT2D eigenvalue weighted by Crippen LogP contribution is 2.53. The predicted octanol–water partition coefficient (Wildman–Crippen LogP) is 5.16. The molecule has 4 nitrogen and oxygen atoms in total. The molecule has 1 aliphatic heterocycles. The summed E-state index contributed by atoms with van der Waals surface area (Å²) in [6, 6.07) is 8.18. The number of nitrogens with zero attached hydrogens (tertiary/aromatic N) is 2. The molecule has 150 valence electrons. The number of rotatable bonds is 3. The summed E-state index contributed by atoms with van der Waals surface area (Å²) >= 11 is 0. The first-order valence-corrected chi connectivity index (χ1v) is 11.0. The normalized spacial score (nSPS) is 33.9. The Balaban J connectivity index is 1.39. The van der Waals surface area contributed by atoms with E-state index in [-0.39, 0.29) is 18.0 Å². The molecule has 6 atom stereocenters. The Morgan fingerprint density at radius 3 is 2.69 bits per heavy atom. The number of hydrogen-bond acceptors (Lipinski definition) is 4. The van der Waals surface area contributed by atoms with Crippen LogP contribution in [0.25, 0.3) is 17.2 Å². The smallest absolute Gasteiger partial charge is 0.309 e. The van der Waals surface area contributed by atoms with E-state index in [1.54, 1.807) is 12.4 Å². The maximum Gasteiger partial charge on any atom is 0.309 e. The molecule has 2 aromatic rings. The van der Waals surface area contributed by atoms with Crippen LogP contribution in [0.5, 0.6) is 0 Å². The fourth-order valence-electron chi connectivity index (χ4n) is 6.02. The van der Waals surface area contributed by atoms with Gasteiger partial charge in [-0.05, 0) is 67.4 Å². The van der Waals surface area contributed by atoms with Gasteiger partial charge >= 0.3 is 5.97 Å². The quantitative estimate of drug-likeness (QED) is 0.682. The monoisotopic (exact) mass is 388 g/mol. The molecule has 0 amide bonds. The maximum atomic E-state index is 12.4. The summed E-state index contributed by atoms with van der Waals surface area (Å²) in [5.41, 5.74) is 3.19. The summed E-state index contributed by atoms with van der Waals surface area (Å²) < 4.78 is 5.67. The number of pyridine rings is 2. The Kier molecular flexibility index (Phi) is 4.94. The molecule has 0 bridgehead atoms. The Morgan fingerprint density at radius 1 is 1.07 bits per heavy atom. The van der Waals surface area contributed by atoms with Crippen LogP contribution in [-0.4, -0.2) is 22.0 Å². The molecule has 0 N–H and O–H groups in total. The summed E-state index contributed by atoms with van der Waals surface area (Å²) in [5, 5.41) is 0. The molecule has 0 radical (unpaired) electrons. The molecule has 0 unspecified atom stereocenters. The second kappa shape index (κ2) is 7.74. The third-order valence-corrected chi connectivity index (χ3v) is 7.36. The van der Waals surface area contributed by atoms with Gasteiger partial charge in [-0.2, -0.15) is 0 Å². The minimum atomic E-state index is 0.0204. The van der Waals surface area contributed by atoms with Crippen LogP contribution in [0.2, 0.25) is 0 Å². The van der Waals surface area contributed by atoms with Gasteiger partial charge in [0.25, 0.3) is 0 Å². The van der Waals surface area contributed by atoms with E-state index in [0.717, 1.165) is 23.2 Å². The Hall–Kier alpha value is -2.49. The Labute approximate surface area is 172 Å². The number of ether oxygens (including phenoxy) is 1. The fraction of sp³-hybridized carbons (Fsp3) is 0.480. The molecule has 0 aromatic carbocycles. The van der Waals surface area contributed by atoms with Crippen molar-refractivity contribution in [2.24, 2.45) is 29.6 Å². The number of hydrogen-bond donors (Lipinski definition) is 0. The topological polar surface area (TPSA) is 52.1 Å². The van der Waals surface area contributed by atoms with E-state index < -0.39 is 0 Å². The average Bonchev–Trinajstić information content (AvgIpc) is 3.05. The zero-order valence-electron chi connectivity index (χ0n) is 16.9. The van der Waals surface area contributed by atoms with Crippen molar-refractivity contribution in [2.45, 2.75) is 45.1 Å². The van der Waals surface area contributed by atoms with Crippen molar-refractivity contribution in [1.29, 1.82) is 0 Å². The number of aromatic nitrogens is 2. The van der Waals surface area contributed by atoms with Crippen molar-refractivity contribution in [3.05, 3.63) is 54.6 Å². The van der Waals surface area contributed by atoms with Crippen LogP contribution in [0.3, 0.4) is 0 Å². The molecule has 3 fully saturated rings. The molecule has 3 heterocycles. The fourth-order valence-corrected chi connectivity index (χ4v) is 6.02. The van der Waals surface area contributed by atoms with Crippen molar-refractivity contribution >= 4 is 12.0 Å². The zero-order chi connectivity index (χ0) is 19.8. The molecule has 5 rings (SSSR count). The lowest BCUT2D eigenvalue weighted by atomic mass is 9.57. The first-order chi connectivity index (χ1) is 14.2. The summed E-state index contributed by atoms with van der Waals surface area (Å²) in [7, 11) is 0. The molecule has 2 aliphatic carbocycles. The second-order valence-corrected chi connectivity index (χ2v) is 8.91. The number of carbonyl (C=O) groups excluding carboxylic acids is 1. The average molecular weight is 389 g/mol. The highest BCUT2D eigenvalue weighted by atomic mass is 16.6. The van der Waals surface area contributed by atoms with Crippen LogP contribution >= 0.6 is 0 Å². The highest BCUT2D eigenvalue weighted by molar-refractivity contribution is 5.75. The summed E-state index contributed by atoms with van der Waals surface area (Å²) in [6.45, 7) is 2.08. The molecule has 2 saturated carbocycles. The number of cyclic esters (lactones) is 1. The van der Waals surface area contributed by atoms with Crippen molar-refractivity contribution in [3.63, 3.8) is 0 Å². The van der Waals surface area contributed by atoms with Crippen LogP contribution in [-0.2, 0) is 9.53 Å². The zero-order valence-corrected chi connectivity index (χ0v) is 16.9. The summed E-state index contributed by atoms with van der Waals surface area (Å²) in [4.78, 5) is 21.2. The largest absolute Gasteiger partial charge is 0.462 e. The van der Waals surface area contributed by atoms with Gasteiger partial charge in [-0.3, -0.25) is 14.8 Å². The molecular weight excluding hydrogens is 360 g/mol. The SMILES string of the molecule is C[C@H]1OC(=O)[C@@H]2C[C@@H]3CCCC[C@H]3[C@H](/C=C/c3ccc(-c4ccncc4)cn3)[C@H]12. The van der Waals surface area contributed by atoms with E-state index in [4.69, 9.17) is 4.74 Å². The third kappa shape index (κ3) is 3.50. The van der Waals surface area contributed by atoms with Gasteiger partial charge in [0.05, 0.1) is 11.6 Å². The van der Waals surface area contributed by atoms with Crippen LogP contribution in [0.1, 0.15) is 44.7 Å². The molecule has 4 heteroatoms. The molecular formula is C25H28N2O2. The van der Waals surface area contributed by atoms with E-state index in [1.165, 1.54) is 25.7 Å². The molecule has 29 heavy (non-hydrogen) atoms. The summed E-state index contributed by atoms with van der Waals surface area (Å²) in [5.74, 6) is 2.18. The minimum absolute atomic E-state index is 0.0204. The number of fused-ring (bicyclic) bond motifs is 2. The summed E-state index contributed by atoms with van der Waals surface area (Å²) in [6.07, 6.45) is 16.2. The van der Waals surface area contributed by atoms with Crippen molar-refractivity contribution in [3.8, 4) is 11.1 Å². The molecule has 2 aromatic heterocycles. The molecule has 3 aliphatic rings. The first-order valence-electron chi connectivity index (χ1n) is 11.0. The van der Waals surface area contributed by atoms with Gasteiger partial charge in [-0.25, -0.2) is 0 Å². The number of carbonyl (C=O) groups is 1. The van der Waals surface area contributed by atoms with Gasteiger partial charge in [-0.1, -0.05) is 31.4 Å². The minimum Gasteiger partial charge on any atom is -0.462 e. The van der Waals surface area contributed by atoms with Crippen LogP contribution in [0.15, 0.2) is 48.9 Å². The lowest BCUT2D eigenvalue weighted by Crippen LogP contribution is -2.42. The Morgan fingerprint density at radius 2 is 1.90 bits per heavy atom. The van der Waals surface area contributed by atoms with Gasteiger partial charge in [0.15, 0.2) is 0 Å². The number of esters is 1. The second-order valence-electron chi connectivity index (χ2n) is 8.91. The van der Waals surface area contributed by atoms with Gasteiger partial charge in [0.2, 0.25) is 0 Å². The van der Waals surface area contributed by atoms with Crippen molar-refractivity contribution in [2.75, 3.05) is 0 Å². The third-order valence-electron chi connectivity index (χ3n) is 7.36. The lowest BCUT2D eigenvalue weighted by molar-refractivity contribution is -0.144. The van der Waals surface area contributed by atoms with Gasteiger partial charge in [0.1, 0.15) is 6.10 Å². The number of allylic oxidation sites excluding steroid dienone is 1. The predicted molar refractivity (Wildman–Crippen MR) is 113 cm³/mol. The van der Waals surface area contributed by atoms with Gasteiger partial charge in [-0.15, -0.1) is 0 Å². The van der Waals surface area contributed by atoms with E-state index in [1.807, 2.05) is 18.3 Å². The standard InChI is InChI=1S/C25H28N2O2/c1-16-24-22(21-5-3-2-4-18(21)14-23(24)25(28)29-16)9-8-20-7-6-19(15-27-20)17-10-12-26-13-11-17/h6-13,15-16,18,21-24H,2-5,14H2,1H3/b9-8+/t16-,18+,21-,22+,23-,24+/m1/s1. The van der Waals surface area contributed by atoms with E-state index in [2.05, 4.69) is 41.2 Å². The van der Waals surface area contributed by atoms with Crippen LogP contribution in [0.4, 0.5) is 0 Å². The maximum absolute atomic E-state index is 12.4.